The molecule has 1 atom stereocenters. The van der Waals surface area contributed by atoms with E-state index in [4.69, 9.17) is 0 Å². The highest BCUT2D eigenvalue weighted by molar-refractivity contribution is 7.92. The highest BCUT2D eigenvalue weighted by Crippen LogP contribution is 2.16. The SMILES string of the molecule is CC1(NCCS(=O)(=O)C(C)(C)C)CCNC1. The van der Waals surface area contributed by atoms with E-state index in [1.165, 1.54) is 0 Å². The molecule has 0 aromatic rings. The minimum Gasteiger partial charge on any atom is -0.315 e. The Morgan fingerprint density at radius 1 is 1.38 bits per heavy atom. The highest BCUT2D eigenvalue weighted by atomic mass is 32.2. The Morgan fingerprint density at radius 2 is 2.00 bits per heavy atom. The van der Waals surface area contributed by atoms with Gasteiger partial charge in [-0.05, 0) is 40.7 Å². The molecule has 1 fully saturated rings. The predicted molar refractivity (Wildman–Crippen MR) is 67.4 cm³/mol. The lowest BCUT2D eigenvalue weighted by molar-refractivity contribution is 0.398. The number of hydrogen-bond acceptors (Lipinski definition) is 4. The summed E-state index contributed by atoms with van der Waals surface area (Å²) in [5, 5.41) is 6.62. The van der Waals surface area contributed by atoms with E-state index in [1.54, 1.807) is 20.8 Å². The first kappa shape index (κ1) is 13.9. The molecule has 1 aliphatic heterocycles. The Bertz CT molecular complexity index is 324. The lowest BCUT2D eigenvalue weighted by atomic mass is 10.0. The summed E-state index contributed by atoms with van der Waals surface area (Å²) in [6, 6.07) is 0. The average molecular weight is 248 g/mol. The third-order valence-electron chi connectivity index (χ3n) is 3.22. The quantitative estimate of drug-likeness (QED) is 0.762. The van der Waals surface area contributed by atoms with Crippen LogP contribution in [0.5, 0.6) is 0 Å². The van der Waals surface area contributed by atoms with E-state index in [0.717, 1.165) is 19.5 Å². The topological polar surface area (TPSA) is 58.2 Å². The second kappa shape index (κ2) is 4.63. The van der Waals surface area contributed by atoms with Crippen LogP contribution >= 0.6 is 0 Å². The van der Waals surface area contributed by atoms with E-state index in [0.29, 0.717) is 6.54 Å². The summed E-state index contributed by atoms with van der Waals surface area (Å²) in [6.07, 6.45) is 1.06. The van der Waals surface area contributed by atoms with Crippen LogP contribution in [0.25, 0.3) is 0 Å². The van der Waals surface area contributed by atoms with Crippen LogP contribution in [0.4, 0.5) is 0 Å². The van der Waals surface area contributed by atoms with Crippen molar-refractivity contribution in [1.82, 2.24) is 10.6 Å². The molecule has 16 heavy (non-hydrogen) atoms. The third kappa shape index (κ3) is 3.43. The minimum absolute atomic E-state index is 0.0629. The van der Waals surface area contributed by atoms with Crippen molar-refractivity contribution in [2.24, 2.45) is 0 Å². The first-order valence-electron chi connectivity index (χ1n) is 5.84. The van der Waals surface area contributed by atoms with Crippen LogP contribution in [0.2, 0.25) is 0 Å². The maximum atomic E-state index is 11.9. The fourth-order valence-corrected chi connectivity index (χ4v) is 2.74. The van der Waals surface area contributed by atoms with E-state index >= 15 is 0 Å². The molecule has 96 valence electrons. The zero-order valence-electron chi connectivity index (χ0n) is 10.8. The van der Waals surface area contributed by atoms with Crippen LogP contribution in [0.1, 0.15) is 34.1 Å². The monoisotopic (exact) mass is 248 g/mol. The summed E-state index contributed by atoms with van der Waals surface area (Å²) in [5.74, 6) is 0.214. The van der Waals surface area contributed by atoms with Crippen molar-refractivity contribution in [3.8, 4) is 0 Å². The number of sulfone groups is 1. The lowest BCUT2D eigenvalue weighted by Crippen LogP contribution is -2.47. The Hall–Kier alpha value is -0.130. The van der Waals surface area contributed by atoms with Crippen molar-refractivity contribution in [2.75, 3.05) is 25.4 Å². The molecular weight excluding hydrogens is 224 g/mol. The molecule has 0 aromatic heterocycles. The maximum Gasteiger partial charge on any atom is 0.156 e. The molecule has 5 heteroatoms. The summed E-state index contributed by atoms with van der Waals surface area (Å²) < 4.78 is 23.1. The van der Waals surface area contributed by atoms with Gasteiger partial charge in [-0.15, -0.1) is 0 Å². The van der Waals surface area contributed by atoms with Gasteiger partial charge in [0.1, 0.15) is 0 Å². The molecule has 0 amide bonds. The zero-order valence-corrected chi connectivity index (χ0v) is 11.6. The van der Waals surface area contributed by atoms with Crippen molar-refractivity contribution in [3.05, 3.63) is 0 Å². The smallest absolute Gasteiger partial charge is 0.156 e. The minimum atomic E-state index is -3.00. The Kier molecular flexibility index (Phi) is 4.03. The Balaban J connectivity index is 2.41. The largest absolute Gasteiger partial charge is 0.315 e. The van der Waals surface area contributed by atoms with Crippen molar-refractivity contribution >= 4 is 9.84 Å². The molecule has 1 rings (SSSR count). The van der Waals surface area contributed by atoms with Crippen LogP contribution in [-0.4, -0.2) is 44.1 Å². The van der Waals surface area contributed by atoms with Gasteiger partial charge in [0.15, 0.2) is 9.84 Å². The predicted octanol–water partition coefficient (Wildman–Crippen LogP) is 0.541. The third-order valence-corrected chi connectivity index (χ3v) is 5.83. The molecule has 0 radical (unpaired) electrons. The summed E-state index contributed by atoms with van der Waals surface area (Å²) in [6.45, 7) is 9.86. The molecule has 0 aromatic carbocycles. The van der Waals surface area contributed by atoms with Gasteiger partial charge in [0, 0.05) is 18.6 Å². The van der Waals surface area contributed by atoms with E-state index < -0.39 is 14.6 Å². The second-order valence-corrected chi connectivity index (χ2v) is 8.71. The zero-order chi connectivity index (χ0) is 12.4. The summed E-state index contributed by atoms with van der Waals surface area (Å²) in [7, 11) is -3.00. The van der Waals surface area contributed by atoms with E-state index in [2.05, 4.69) is 17.6 Å². The van der Waals surface area contributed by atoms with Gasteiger partial charge in [-0.3, -0.25) is 0 Å². The normalized spacial score (nSPS) is 27.2. The van der Waals surface area contributed by atoms with Crippen LogP contribution in [0.3, 0.4) is 0 Å². The maximum absolute atomic E-state index is 11.9. The van der Waals surface area contributed by atoms with Gasteiger partial charge in [0.05, 0.1) is 10.5 Å². The molecule has 1 unspecified atom stereocenters. The van der Waals surface area contributed by atoms with E-state index in [1.807, 2.05) is 0 Å². The van der Waals surface area contributed by atoms with Crippen molar-refractivity contribution < 1.29 is 8.42 Å². The second-order valence-electron chi connectivity index (χ2n) is 5.85. The lowest BCUT2D eigenvalue weighted by Gasteiger charge is -2.26. The number of nitrogens with one attached hydrogen (secondary N) is 2. The van der Waals surface area contributed by atoms with Gasteiger partial charge in [-0.1, -0.05) is 0 Å². The molecular formula is C11H24N2O2S. The first-order chi connectivity index (χ1) is 7.16. The number of hydrogen-bond donors (Lipinski definition) is 2. The number of rotatable bonds is 4. The Morgan fingerprint density at radius 3 is 2.44 bits per heavy atom. The fraction of sp³-hybridized carbons (Fsp3) is 1.00. The molecule has 4 nitrogen and oxygen atoms in total. The molecule has 0 spiro atoms. The van der Waals surface area contributed by atoms with Crippen molar-refractivity contribution in [1.29, 1.82) is 0 Å². The highest BCUT2D eigenvalue weighted by Gasteiger charge is 2.31. The van der Waals surface area contributed by atoms with Gasteiger partial charge < -0.3 is 10.6 Å². The van der Waals surface area contributed by atoms with Crippen molar-refractivity contribution in [2.45, 2.75) is 44.4 Å². The molecule has 0 bridgehead atoms. The van der Waals surface area contributed by atoms with Gasteiger partial charge >= 0.3 is 0 Å². The van der Waals surface area contributed by atoms with Gasteiger partial charge in [-0.2, -0.15) is 0 Å². The molecule has 1 heterocycles. The molecule has 0 saturated carbocycles. The summed E-state index contributed by atoms with van der Waals surface area (Å²) in [5.41, 5.74) is 0.0629. The van der Waals surface area contributed by atoms with Gasteiger partial charge in [0.25, 0.3) is 0 Å². The molecule has 2 N–H and O–H groups in total. The van der Waals surface area contributed by atoms with Crippen LogP contribution < -0.4 is 10.6 Å². The van der Waals surface area contributed by atoms with Crippen LogP contribution in [0, 0.1) is 0 Å². The van der Waals surface area contributed by atoms with E-state index in [9.17, 15) is 8.42 Å². The van der Waals surface area contributed by atoms with Crippen molar-refractivity contribution in [3.63, 3.8) is 0 Å². The van der Waals surface area contributed by atoms with Crippen LogP contribution in [-0.2, 0) is 9.84 Å². The van der Waals surface area contributed by atoms with Crippen LogP contribution in [0.15, 0.2) is 0 Å². The van der Waals surface area contributed by atoms with Gasteiger partial charge in [0.2, 0.25) is 0 Å². The van der Waals surface area contributed by atoms with Gasteiger partial charge in [-0.25, -0.2) is 8.42 Å². The summed E-state index contributed by atoms with van der Waals surface area (Å²) >= 11 is 0. The standard InChI is InChI=1S/C11H24N2O2S/c1-10(2,3)16(14,15)8-7-13-11(4)5-6-12-9-11/h12-13H,5-9H2,1-4H3. The molecule has 1 saturated heterocycles. The average Bonchev–Trinajstić information content (AvgIpc) is 2.50. The first-order valence-corrected chi connectivity index (χ1v) is 7.50. The molecule has 0 aliphatic carbocycles. The fourth-order valence-electron chi connectivity index (χ4n) is 1.76. The van der Waals surface area contributed by atoms with E-state index in [-0.39, 0.29) is 11.3 Å². The molecule has 1 aliphatic rings. The summed E-state index contributed by atoms with van der Waals surface area (Å²) in [4.78, 5) is 0. The Labute approximate surface area is 99.1 Å².